The van der Waals surface area contributed by atoms with Crippen LogP contribution >= 0.6 is 0 Å². The first-order valence-electron chi connectivity index (χ1n) is 8.01. The van der Waals surface area contributed by atoms with Crippen LogP contribution in [0, 0.1) is 12.8 Å². The molecule has 1 saturated heterocycles. The number of nitrogens with zero attached hydrogens (tertiary/aromatic N) is 3. The van der Waals surface area contributed by atoms with Crippen LogP contribution < -0.4 is 5.32 Å². The van der Waals surface area contributed by atoms with Gasteiger partial charge in [-0.15, -0.1) is 0 Å². The van der Waals surface area contributed by atoms with E-state index >= 15 is 0 Å². The van der Waals surface area contributed by atoms with E-state index in [1.807, 2.05) is 47.9 Å². The Kier molecular flexibility index (Phi) is 3.74. The number of carbonyl (C=O) groups excluding carboxylic acids is 1. The second kappa shape index (κ2) is 6.05. The van der Waals surface area contributed by atoms with Gasteiger partial charge in [0.05, 0.1) is 18.2 Å². The Morgan fingerprint density at radius 1 is 1.38 bits per heavy atom. The minimum absolute atomic E-state index is 0.0121. The summed E-state index contributed by atoms with van der Waals surface area (Å²) in [7, 11) is 0. The van der Waals surface area contributed by atoms with Gasteiger partial charge in [-0.1, -0.05) is 12.1 Å². The van der Waals surface area contributed by atoms with Gasteiger partial charge in [-0.3, -0.25) is 9.20 Å². The molecule has 0 unspecified atom stereocenters. The van der Waals surface area contributed by atoms with Crippen molar-refractivity contribution < 1.29 is 9.53 Å². The smallest absolute Gasteiger partial charge is 0.234 e. The predicted molar refractivity (Wildman–Crippen MR) is 90.7 cm³/mol. The fraction of sp³-hybridized carbons (Fsp3) is 0.278. The number of hydrogen-bond acceptors (Lipinski definition) is 4. The highest BCUT2D eigenvalue weighted by molar-refractivity contribution is 5.93. The average molecular weight is 322 g/mol. The lowest BCUT2D eigenvalue weighted by atomic mass is 10.1. The minimum Gasteiger partial charge on any atom is -0.381 e. The molecular weight excluding hydrogens is 304 g/mol. The maximum atomic E-state index is 12.2. The standard InChI is InChI=1S/C18H18N4O2/c1-12-16(21-18-19-7-3-8-22(12)18)13-4-2-5-15(10-13)20-17(23)14-6-9-24-11-14/h2-5,7-8,10,14H,6,9,11H2,1H3,(H,20,23)/t14-/m0/s1. The van der Waals surface area contributed by atoms with Crippen molar-refractivity contribution in [2.24, 2.45) is 5.92 Å². The third kappa shape index (κ3) is 2.65. The van der Waals surface area contributed by atoms with Crippen molar-refractivity contribution in [1.29, 1.82) is 0 Å². The molecule has 1 aliphatic heterocycles. The number of hydrogen-bond donors (Lipinski definition) is 1. The fourth-order valence-electron chi connectivity index (χ4n) is 3.01. The Bertz CT molecular complexity index is 897. The van der Waals surface area contributed by atoms with E-state index in [0.29, 0.717) is 19.0 Å². The molecule has 6 nitrogen and oxygen atoms in total. The molecule has 122 valence electrons. The van der Waals surface area contributed by atoms with Crippen LogP contribution in [-0.4, -0.2) is 33.5 Å². The van der Waals surface area contributed by atoms with Crippen molar-refractivity contribution in [3.05, 3.63) is 48.4 Å². The number of nitrogens with one attached hydrogen (secondary N) is 1. The number of aromatic nitrogens is 3. The summed E-state index contributed by atoms with van der Waals surface area (Å²) in [5, 5.41) is 2.98. The quantitative estimate of drug-likeness (QED) is 0.805. The van der Waals surface area contributed by atoms with Gasteiger partial charge in [0.1, 0.15) is 0 Å². The van der Waals surface area contributed by atoms with Gasteiger partial charge in [0, 0.05) is 35.9 Å². The molecule has 2 aromatic heterocycles. The molecule has 1 aromatic carbocycles. The van der Waals surface area contributed by atoms with Gasteiger partial charge in [0.2, 0.25) is 11.7 Å². The summed E-state index contributed by atoms with van der Waals surface area (Å²) in [6.07, 6.45) is 4.45. The Hall–Kier alpha value is -2.73. The van der Waals surface area contributed by atoms with Crippen LogP contribution in [0.25, 0.3) is 17.0 Å². The van der Waals surface area contributed by atoms with E-state index in [1.165, 1.54) is 0 Å². The van der Waals surface area contributed by atoms with Gasteiger partial charge in [0.25, 0.3) is 0 Å². The lowest BCUT2D eigenvalue weighted by molar-refractivity contribution is -0.119. The van der Waals surface area contributed by atoms with Crippen molar-refractivity contribution in [3.63, 3.8) is 0 Å². The van der Waals surface area contributed by atoms with Gasteiger partial charge in [-0.2, -0.15) is 0 Å². The second-order valence-electron chi connectivity index (χ2n) is 5.97. The number of imidazole rings is 1. The predicted octanol–water partition coefficient (Wildman–Crippen LogP) is 2.68. The van der Waals surface area contributed by atoms with Crippen LogP contribution in [-0.2, 0) is 9.53 Å². The highest BCUT2D eigenvalue weighted by Gasteiger charge is 2.23. The van der Waals surface area contributed by atoms with Gasteiger partial charge in [-0.25, -0.2) is 9.97 Å². The molecule has 24 heavy (non-hydrogen) atoms. The van der Waals surface area contributed by atoms with E-state index in [4.69, 9.17) is 4.74 Å². The van der Waals surface area contributed by atoms with Crippen LogP contribution in [0.15, 0.2) is 42.7 Å². The molecule has 4 rings (SSSR count). The summed E-state index contributed by atoms with van der Waals surface area (Å²) >= 11 is 0. The third-order valence-electron chi connectivity index (χ3n) is 4.35. The normalized spacial score (nSPS) is 17.3. The lowest BCUT2D eigenvalue weighted by Crippen LogP contribution is -2.22. The largest absolute Gasteiger partial charge is 0.381 e. The monoisotopic (exact) mass is 322 g/mol. The molecular formula is C18H18N4O2. The first-order chi connectivity index (χ1) is 11.7. The van der Waals surface area contributed by atoms with Crippen molar-refractivity contribution in [1.82, 2.24) is 14.4 Å². The Morgan fingerprint density at radius 3 is 3.08 bits per heavy atom. The van der Waals surface area contributed by atoms with E-state index < -0.39 is 0 Å². The molecule has 0 saturated carbocycles. The van der Waals surface area contributed by atoms with Crippen LogP contribution in [0.4, 0.5) is 5.69 Å². The van der Waals surface area contributed by atoms with Crippen molar-refractivity contribution in [2.75, 3.05) is 18.5 Å². The highest BCUT2D eigenvalue weighted by Crippen LogP contribution is 2.26. The van der Waals surface area contributed by atoms with E-state index in [0.717, 1.165) is 29.1 Å². The topological polar surface area (TPSA) is 68.5 Å². The SMILES string of the molecule is Cc1c(-c2cccc(NC(=O)[C@H]3CCOC3)c2)nc2ncccn12. The number of benzene rings is 1. The van der Waals surface area contributed by atoms with Gasteiger partial charge in [0.15, 0.2) is 0 Å². The first kappa shape index (κ1) is 14.8. The highest BCUT2D eigenvalue weighted by atomic mass is 16.5. The molecule has 3 aromatic rings. The summed E-state index contributed by atoms with van der Waals surface area (Å²) in [5.41, 5.74) is 3.62. The van der Waals surface area contributed by atoms with Gasteiger partial charge >= 0.3 is 0 Å². The number of ether oxygens (including phenoxy) is 1. The Balaban J connectivity index is 1.64. The summed E-state index contributed by atoms with van der Waals surface area (Å²) < 4.78 is 7.23. The first-order valence-corrected chi connectivity index (χ1v) is 8.01. The molecule has 6 heteroatoms. The van der Waals surface area contributed by atoms with Crippen LogP contribution in [0.5, 0.6) is 0 Å². The number of anilines is 1. The van der Waals surface area contributed by atoms with Crippen molar-refractivity contribution >= 4 is 17.4 Å². The number of aryl methyl sites for hydroxylation is 1. The number of rotatable bonds is 3. The maximum Gasteiger partial charge on any atom is 0.234 e. The summed E-state index contributed by atoms with van der Waals surface area (Å²) in [6.45, 7) is 3.17. The fourth-order valence-corrected chi connectivity index (χ4v) is 3.01. The van der Waals surface area contributed by atoms with E-state index in [9.17, 15) is 4.79 Å². The Labute approximate surface area is 139 Å². The van der Waals surface area contributed by atoms with Crippen LogP contribution in [0.3, 0.4) is 0 Å². The zero-order valence-corrected chi connectivity index (χ0v) is 13.4. The average Bonchev–Trinajstić information content (AvgIpc) is 3.24. The lowest BCUT2D eigenvalue weighted by Gasteiger charge is -2.10. The molecule has 1 N–H and O–H groups in total. The Morgan fingerprint density at radius 2 is 2.29 bits per heavy atom. The maximum absolute atomic E-state index is 12.2. The number of fused-ring (bicyclic) bond motifs is 1. The van der Waals surface area contributed by atoms with Gasteiger partial charge < -0.3 is 10.1 Å². The molecule has 3 heterocycles. The number of amides is 1. The molecule has 0 aliphatic carbocycles. The molecule has 0 spiro atoms. The second-order valence-corrected chi connectivity index (χ2v) is 5.97. The van der Waals surface area contributed by atoms with E-state index in [1.54, 1.807) is 6.20 Å². The number of carbonyl (C=O) groups is 1. The summed E-state index contributed by atoms with van der Waals surface area (Å²) in [6, 6.07) is 9.63. The summed E-state index contributed by atoms with van der Waals surface area (Å²) in [4.78, 5) is 21.1. The van der Waals surface area contributed by atoms with Gasteiger partial charge in [-0.05, 0) is 31.5 Å². The molecule has 0 radical (unpaired) electrons. The van der Waals surface area contributed by atoms with Crippen LogP contribution in [0.2, 0.25) is 0 Å². The zero-order valence-electron chi connectivity index (χ0n) is 13.4. The van der Waals surface area contributed by atoms with E-state index in [2.05, 4.69) is 15.3 Å². The molecule has 0 bridgehead atoms. The minimum atomic E-state index is -0.0604. The van der Waals surface area contributed by atoms with Crippen molar-refractivity contribution in [3.8, 4) is 11.3 Å². The molecule has 1 amide bonds. The summed E-state index contributed by atoms with van der Waals surface area (Å²) in [5.74, 6) is 0.621. The van der Waals surface area contributed by atoms with Crippen LogP contribution in [0.1, 0.15) is 12.1 Å². The molecule has 1 atom stereocenters. The third-order valence-corrected chi connectivity index (χ3v) is 4.35. The van der Waals surface area contributed by atoms with E-state index in [-0.39, 0.29) is 11.8 Å². The molecule has 1 aliphatic rings. The molecule has 1 fully saturated rings. The van der Waals surface area contributed by atoms with Crippen molar-refractivity contribution in [2.45, 2.75) is 13.3 Å². The zero-order chi connectivity index (χ0) is 16.5.